The van der Waals surface area contributed by atoms with Crippen molar-refractivity contribution in [3.63, 3.8) is 0 Å². The van der Waals surface area contributed by atoms with E-state index in [1.54, 1.807) is 0 Å². The molecule has 2 N–H and O–H groups in total. The molecule has 0 heterocycles. The first-order valence-corrected chi connectivity index (χ1v) is 5.56. The second kappa shape index (κ2) is 6.07. The number of aryl methyl sites for hydroxylation is 1. The Morgan fingerprint density at radius 3 is 2.71 bits per heavy atom. The van der Waals surface area contributed by atoms with Gasteiger partial charge in [0.1, 0.15) is 6.61 Å². The summed E-state index contributed by atoms with van der Waals surface area (Å²) in [5, 5.41) is 11.5. The molecule has 0 saturated heterocycles. The van der Waals surface area contributed by atoms with Crippen molar-refractivity contribution in [3.05, 3.63) is 29.3 Å². The average Bonchev–Trinajstić information content (AvgIpc) is 2.28. The molecule has 1 aromatic rings. The molecule has 0 atom stereocenters. The summed E-state index contributed by atoms with van der Waals surface area (Å²) < 4.78 is 0. The summed E-state index contributed by atoms with van der Waals surface area (Å²) >= 11 is 0. The molecule has 0 saturated carbocycles. The summed E-state index contributed by atoms with van der Waals surface area (Å²) in [6.45, 7) is 5.48. The second-order valence-corrected chi connectivity index (χ2v) is 4.13. The Hall–Kier alpha value is -1.79. The Labute approximate surface area is 102 Å². The molecule has 0 bridgehead atoms. The minimum absolute atomic E-state index is 0.00130. The van der Waals surface area contributed by atoms with Crippen molar-refractivity contribution in [3.8, 4) is 11.8 Å². The number of benzene rings is 1. The van der Waals surface area contributed by atoms with Gasteiger partial charge in [0.15, 0.2) is 0 Å². The maximum atomic E-state index is 11.5. The van der Waals surface area contributed by atoms with Crippen LogP contribution in [0.3, 0.4) is 0 Å². The van der Waals surface area contributed by atoms with E-state index in [4.69, 9.17) is 5.11 Å². The summed E-state index contributed by atoms with van der Waals surface area (Å²) in [5.74, 6) is 5.42. The van der Waals surface area contributed by atoms with Crippen molar-refractivity contribution in [2.45, 2.75) is 20.8 Å². The van der Waals surface area contributed by atoms with Gasteiger partial charge in [-0.25, -0.2) is 0 Å². The Bertz CT molecular complexity index is 467. The fourth-order valence-corrected chi connectivity index (χ4v) is 1.30. The fraction of sp³-hybridized carbons (Fsp3) is 0.357. The first kappa shape index (κ1) is 13.3. The van der Waals surface area contributed by atoms with E-state index >= 15 is 0 Å². The number of carbonyl (C=O) groups excluding carboxylic acids is 1. The molecular formula is C14H17NO2. The zero-order valence-corrected chi connectivity index (χ0v) is 10.4. The molecule has 3 heteroatoms. The lowest BCUT2D eigenvalue weighted by Crippen LogP contribution is -2.17. The van der Waals surface area contributed by atoms with E-state index in [2.05, 4.69) is 17.2 Å². The first-order valence-electron chi connectivity index (χ1n) is 5.56. The Morgan fingerprint density at radius 2 is 2.18 bits per heavy atom. The van der Waals surface area contributed by atoms with Crippen molar-refractivity contribution in [2.75, 3.05) is 11.9 Å². The van der Waals surface area contributed by atoms with Gasteiger partial charge >= 0.3 is 0 Å². The highest BCUT2D eigenvalue weighted by Crippen LogP contribution is 2.15. The molecule has 0 aromatic heterocycles. The van der Waals surface area contributed by atoms with Crippen LogP contribution in [-0.2, 0) is 4.79 Å². The van der Waals surface area contributed by atoms with Gasteiger partial charge in [-0.05, 0) is 30.7 Å². The number of hydrogen-bond donors (Lipinski definition) is 2. The van der Waals surface area contributed by atoms with Gasteiger partial charge in [0.05, 0.1) is 0 Å². The molecule has 0 fully saturated rings. The van der Waals surface area contributed by atoms with Gasteiger partial charge in [-0.3, -0.25) is 4.79 Å². The lowest BCUT2D eigenvalue weighted by molar-refractivity contribution is -0.118. The molecule has 3 nitrogen and oxygen atoms in total. The lowest BCUT2D eigenvalue weighted by atomic mass is 10.1. The third-order valence-electron chi connectivity index (χ3n) is 2.32. The average molecular weight is 231 g/mol. The number of anilines is 1. The summed E-state index contributed by atoms with van der Waals surface area (Å²) in [6.07, 6.45) is 0. The van der Waals surface area contributed by atoms with E-state index in [1.165, 1.54) is 0 Å². The van der Waals surface area contributed by atoms with Gasteiger partial charge in [0, 0.05) is 17.2 Å². The van der Waals surface area contributed by atoms with Crippen LogP contribution in [0.25, 0.3) is 0 Å². The SMILES string of the molecule is Cc1cc(NC(=O)C(C)C)ccc1C#CCO. The molecule has 1 amide bonds. The van der Waals surface area contributed by atoms with Crippen LogP contribution >= 0.6 is 0 Å². The van der Waals surface area contributed by atoms with E-state index in [0.717, 1.165) is 16.8 Å². The Kier molecular flexibility index (Phi) is 4.74. The minimum atomic E-state index is -0.148. The molecule has 17 heavy (non-hydrogen) atoms. The van der Waals surface area contributed by atoms with Gasteiger partial charge in [-0.15, -0.1) is 0 Å². The summed E-state index contributed by atoms with van der Waals surface area (Å²) in [7, 11) is 0. The van der Waals surface area contributed by atoms with Gasteiger partial charge in [-0.1, -0.05) is 25.7 Å². The number of aliphatic hydroxyl groups excluding tert-OH is 1. The quantitative estimate of drug-likeness (QED) is 0.764. The number of rotatable bonds is 2. The number of carbonyl (C=O) groups is 1. The number of amides is 1. The second-order valence-electron chi connectivity index (χ2n) is 4.13. The van der Waals surface area contributed by atoms with Crippen LogP contribution in [0.2, 0.25) is 0 Å². The smallest absolute Gasteiger partial charge is 0.226 e. The van der Waals surface area contributed by atoms with Crippen LogP contribution in [0.4, 0.5) is 5.69 Å². The molecule has 1 rings (SSSR count). The molecule has 0 spiro atoms. The van der Waals surface area contributed by atoms with Crippen molar-refractivity contribution in [2.24, 2.45) is 5.92 Å². The van der Waals surface area contributed by atoms with Gasteiger partial charge in [-0.2, -0.15) is 0 Å². The van der Waals surface area contributed by atoms with Crippen molar-refractivity contribution >= 4 is 11.6 Å². The summed E-state index contributed by atoms with van der Waals surface area (Å²) in [4.78, 5) is 11.5. The third kappa shape index (κ3) is 3.93. The summed E-state index contributed by atoms with van der Waals surface area (Å²) in [5.41, 5.74) is 2.62. The summed E-state index contributed by atoms with van der Waals surface area (Å²) in [6, 6.07) is 5.53. The molecule has 0 aliphatic rings. The monoisotopic (exact) mass is 231 g/mol. The van der Waals surface area contributed by atoms with Crippen LogP contribution in [0.5, 0.6) is 0 Å². The molecule has 0 aliphatic carbocycles. The van der Waals surface area contributed by atoms with E-state index in [0.29, 0.717) is 0 Å². The zero-order valence-electron chi connectivity index (χ0n) is 10.4. The van der Waals surface area contributed by atoms with E-state index < -0.39 is 0 Å². The molecule has 0 radical (unpaired) electrons. The van der Waals surface area contributed by atoms with Crippen LogP contribution in [0, 0.1) is 24.7 Å². The van der Waals surface area contributed by atoms with Gasteiger partial charge in [0.25, 0.3) is 0 Å². The highest BCUT2D eigenvalue weighted by atomic mass is 16.2. The lowest BCUT2D eigenvalue weighted by Gasteiger charge is -2.09. The maximum Gasteiger partial charge on any atom is 0.226 e. The minimum Gasteiger partial charge on any atom is -0.384 e. The van der Waals surface area contributed by atoms with E-state index in [9.17, 15) is 4.79 Å². The predicted molar refractivity (Wildman–Crippen MR) is 68.6 cm³/mol. The van der Waals surface area contributed by atoms with Gasteiger partial charge in [0.2, 0.25) is 5.91 Å². The van der Waals surface area contributed by atoms with E-state index in [-0.39, 0.29) is 18.4 Å². The zero-order chi connectivity index (χ0) is 12.8. The number of hydrogen-bond acceptors (Lipinski definition) is 2. The molecule has 1 aromatic carbocycles. The molecular weight excluding hydrogens is 214 g/mol. The van der Waals surface area contributed by atoms with Crippen molar-refractivity contribution in [1.82, 2.24) is 0 Å². The number of nitrogens with one attached hydrogen (secondary N) is 1. The molecule has 0 aliphatic heterocycles. The third-order valence-corrected chi connectivity index (χ3v) is 2.32. The Morgan fingerprint density at radius 1 is 1.47 bits per heavy atom. The largest absolute Gasteiger partial charge is 0.384 e. The fourth-order valence-electron chi connectivity index (χ4n) is 1.30. The van der Waals surface area contributed by atoms with Crippen LogP contribution in [0.15, 0.2) is 18.2 Å². The highest BCUT2D eigenvalue weighted by molar-refractivity contribution is 5.92. The van der Waals surface area contributed by atoms with Crippen LogP contribution < -0.4 is 5.32 Å². The van der Waals surface area contributed by atoms with Crippen molar-refractivity contribution in [1.29, 1.82) is 0 Å². The number of aliphatic hydroxyl groups is 1. The first-order chi connectivity index (χ1) is 8.04. The standard InChI is InChI=1S/C14H17NO2/c1-10(2)14(17)15-13-7-6-12(5-4-8-16)11(3)9-13/h6-7,9-10,16H,8H2,1-3H3,(H,15,17). The Balaban J connectivity index is 2.86. The maximum absolute atomic E-state index is 11.5. The van der Waals surface area contributed by atoms with E-state index in [1.807, 2.05) is 39.0 Å². The van der Waals surface area contributed by atoms with Crippen LogP contribution in [0.1, 0.15) is 25.0 Å². The van der Waals surface area contributed by atoms with Gasteiger partial charge < -0.3 is 10.4 Å². The molecule has 90 valence electrons. The topological polar surface area (TPSA) is 49.3 Å². The normalized spacial score (nSPS) is 9.71. The van der Waals surface area contributed by atoms with Crippen molar-refractivity contribution < 1.29 is 9.90 Å². The molecule has 0 unspecified atom stereocenters. The van der Waals surface area contributed by atoms with Crippen LogP contribution in [-0.4, -0.2) is 17.6 Å². The highest BCUT2D eigenvalue weighted by Gasteiger charge is 2.07. The predicted octanol–water partition coefficient (Wildman–Crippen LogP) is 1.93.